The molecule has 0 saturated carbocycles. The second-order valence-electron chi connectivity index (χ2n) is 7.70. The number of rotatable bonds is 3. The molecule has 0 unspecified atom stereocenters. The first-order chi connectivity index (χ1) is 10.2. The predicted molar refractivity (Wildman–Crippen MR) is 98.5 cm³/mol. The van der Waals surface area contributed by atoms with Crippen LogP contribution in [-0.2, 0) is 10.8 Å². The SMILES string of the molecule is C=Cc1ccc(C(C)(C)C)cc1C(C)(C)c1ccccc1C. The maximum absolute atomic E-state index is 4.01. The van der Waals surface area contributed by atoms with E-state index in [4.69, 9.17) is 0 Å². The molecule has 22 heavy (non-hydrogen) atoms. The lowest BCUT2D eigenvalue weighted by Crippen LogP contribution is -2.23. The van der Waals surface area contributed by atoms with Crippen molar-refractivity contribution in [1.82, 2.24) is 0 Å². The van der Waals surface area contributed by atoms with Crippen LogP contribution >= 0.6 is 0 Å². The Hall–Kier alpha value is -1.82. The van der Waals surface area contributed by atoms with Crippen molar-refractivity contribution < 1.29 is 0 Å². The van der Waals surface area contributed by atoms with E-state index in [0.29, 0.717) is 0 Å². The van der Waals surface area contributed by atoms with Crippen LogP contribution in [0, 0.1) is 6.92 Å². The first-order valence-electron chi connectivity index (χ1n) is 8.01. The van der Waals surface area contributed by atoms with E-state index >= 15 is 0 Å². The van der Waals surface area contributed by atoms with Crippen molar-refractivity contribution in [1.29, 1.82) is 0 Å². The molecule has 2 aromatic carbocycles. The van der Waals surface area contributed by atoms with Gasteiger partial charge in [-0.15, -0.1) is 0 Å². The van der Waals surface area contributed by atoms with Gasteiger partial charge in [-0.3, -0.25) is 0 Å². The van der Waals surface area contributed by atoms with Gasteiger partial charge in [0.25, 0.3) is 0 Å². The number of aryl methyl sites for hydroxylation is 1. The summed E-state index contributed by atoms with van der Waals surface area (Å²) in [6.07, 6.45) is 1.97. The van der Waals surface area contributed by atoms with Crippen LogP contribution in [0.1, 0.15) is 62.4 Å². The van der Waals surface area contributed by atoms with Gasteiger partial charge in [0, 0.05) is 5.41 Å². The third kappa shape index (κ3) is 3.02. The third-order valence-corrected chi connectivity index (χ3v) is 4.63. The summed E-state index contributed by atoms with van der Waals surface area (Å²) in [5.41, 5.74) is 6.76. The fraction of sp³-hybridized carbons (Fsp3) is 0.364. The van der Waals surface area contributed by atoms with E-state index in [0.717, 1.165) is 0 Å². The van der Waals surface area contributed by atoms with Gasteiger partial charge in [0.15, 0.2) is 0 Å². The largest absolute Gasteiger partial charge is 0.0985 e. The summed E-state index contributed by atoms with van der Waals surface area (Å²) >= 11 is 0. The molecule has 0 aromatic heterocycles. The molecule has 2 aromatic rings. The Morgan fingerprint density at radius 3 is 2.05 bits per heavy atom. The summed E-state index contributed by atoms with van der Waals surface area (Å²) < 4.78 is 0. The van der Waals surface area contributed by atoms with Gasteiger partial charge in [-0.1, -0.05) is 89.7 Å². The van der Waals surface area contributed by atoms with E-state index in [1.54, 1.807) is 0 Å². The van der Waals surface area contributed by atoms with Gasteiger partial charge < -0.3 is 0 Å². The highest BCUT2D eigenvalue weighted by Crippen LogP contribution is 2.38. The fourth-order valence-electron chi connectivity index (χ4n) is 3.16. The van der Waals surface area contributed by atoms with Crippen LogP contribution in [0.15, 0.2) is 49.0 Å². The number of benzene rings is 2. The second kappa shape index (κ2) is 5.76. The van der Waals surface area contributed by atoms with Gasteiger partial charge in [0.05, 0.1) is 0 Å². The standard InChI is InChI=1S/C22H28/c1-8-17-13-14-18(21(3,4)5)15-20(17)22(6,7)19-12-10-9-11-16(19)2/h8-15H,1H2,2-7H3. The van der Waals surface area contributed by atoms with E-state index in [-0.39, 0.29) is 10.8 Å². The smallest absolute Gasteiger partial charge is 0.0155 e. The molecule has 0 saturated heterocycles. The highest BCUT2D eigenvalue weighted by atomic mass is 14.3. The van der Waals surface area contributed by atoms with Crippen molar-refractivity contribution in [3.05, 3.63) is 76.9 Å². The van der Waals surface area contributed by atoms with Crippen LogP contribution in [-0.4, -0.2) is 0 Å². The van der Waals surface area contributed by atoms with Crippen LogP contribution in [0.3, 0.4) is 0 Å². The van der Waals surface area contributed by atoms with Crippen LogP contribution in [0.2, 0.25) is 0 Å². The molecule has 0 heterocycles. The van der Waals surface area contributed by atoms with E-state index in [1.165, 1.54) is 27.8 Å². The molecule has 0 aliphatic carbocycles. The van der Waals surface area contributed by atoms with E-state index in [1.807, 2.05) is 6.08 Å². The molecule has 116 valence electrons. The van der Waals surface area contributed by atoms with Crippen LogP contribution in [0.5, 0.6) is 0 Å². The minimum absolute atomic E-state index is 0.0455. The van der Waals surface area contributed by atoms with Crippen molar-refractivity contribution in [3.8, 4) is 0 Å². The normalized spacial score (nSPS) is 12.3. The number of hydrogen-bond donors (Lipinski definition) is 0. The summed E-state index contributed by atoms with van der Waals surface area (Å²) in [4.78, 5) is 0. The minimum atomic E-state index is -0.0455. The first-order valence-corrected chi connectivity index (χ1v) is 8.01. The molecule has 0 heteroatoms. The molecular weight excluding hydrogens is 264 g/mol. The Kier molecular flexibility index (Phi) is 4.33. The lowest BCUT2D eigenvalue weighted by molar-refractivity contribution is 0.581. The van der Waals surface area contributed by atoms with Gasteiger partial charge in [0.2, 0.25) is 0 Å². The average Bonchev–Trinajstić information content (AvgIpc) is 2.45. The summed E-state index contributed by atoms with van der Waals surface area (Å²) in [5, 5.41) is 0. The molecule has 0 N–H and O–H groups in total. The Bertz CT molecular complexity index is 681. The van der Waals surface area contributed by atoms with Gasteiger partial charge >= 0.3 is 0 Å². The molecule has 0 atom stereocenters. The Morgan fingerprint density at radius 1 is 0.864 bits per heavy atom. The quantitative estimate of drug-likeness (QED) is 0.626. The van der Waals surface area contributed by atoms with Crippen molar-refractivity contribution in [2.45, 2.75) is 52.4 Å². The van der Waals surface area contributed by atoms with Crippen molar-refractivity contribution >= 4 is 6.08 Å². The molecule has 0 aliphatic heterocycles. The van der Waals surface area contributed by atoms with Crippen LogP contribution in [0.4, 0.5) is 0 Å². The maximum Gasteiger partial charge on any atom is 0.0155 e. The minimum Gasteiger partial charge on any atom is -0.0985 e. The molecule has 0 bridgehead atoms. The predicted octanol–water partition coefficient (Wildman–Crippen LogP) is 6.26. The Labute approximate surface area is 135 Å². The van der Waals surface area contributed by atoms with E-state index in [2.05, 4.69) is 90.6 Å². The molecule has 0 aliphatic rings. The monoisotopic (exact) mass is 292 g/mol. The zero-order chi connectivity index (χ0) is 16.5. The summed E-state index contributed by atoms with van der Waals surface area (Å²) in [6.45, 7) is 17.6. The molecule has 0 fully saturated rings. The molecule has 0 spiro atoms. The van der Waals surface area contributed by atoms with E-state index < -0.39 is 0 Å². The van der Waals surface area contributed by atoms with Gasteiger partial charge in [-0.2, -0.15) is 0 Å². The fourth-order valence-corrected chi connectivity index (χ4v) is 3.16. The van der Waals surface area contributed by atoms with Crippen molar-refractivity contribution in [2.24, 2.45) is 0 Å². The van der Waals surface area contributed by atoms with Crippen molar-refractivity contribution in [3.63, 3.8) is 0 Å². The molecule has 2 rings (SSSR count). The molecular formula is C22H28. The lowest BCUT2D eigenvalue weighted by atomic mass is 9.72. The van der Waals surface area contributed by atoms with Crippen LogP contribution in [0.25, 0.3) is 6.08 Å². The van der Waals surface area contributed by atoms with Crippen LogP contribution < -0.4 is 0 Å². The van der Waals surface area contributed by atoms with E-state index in [9.17, 15) is 0 Å². The maximum atomic E-state index is 4.01. The van der Waals surface area contributed by atoms with Gasteiger partial charge in [-0.25, -0.2) is 0 Å². The lowest BCUT2D eigenvalue weighted by Gasteiger charge is -2.31. The highest BCUT2D eigenvalue weighted by molar-refractivity contribution is 5.59. The topological polar surface area (TPSA) is 0 Å². The summed E-state index contributed by atoms with van der Waals surface area (Å²) in [6, 6.07) is 15.5. The zero-order valence-corrected chi connectivity index (χ0v) is 14.8. The molecule has 0 nitrogen and oxygen atoms in total. The zero-order valence-electron chi connectivity index (χ0n) is 14.8. The van der Waals surface area contributed by atoms with Gasteiger partial charge in [-0.05, 0) is 40.2 Å². The molecule has 0 radical (unpaired) electrons. The van der Waals surface area contributed by atoms with Crippen molar-refractivity contribution in [2.75, 3.05) is 0 Å². The summed E-state index contributed by atoms with van der Waals surface area (Å²) in [7, 11) is 0. The summed E-state index contributed by atoms with van der Waals surface area (Å²) in [5.74, 6) is 0. The second-order valence-corrected chi connectivity index (χ2v) is 7.70. The number of hydrogen-bond acceptors (Lipinski definition) is 0. The average molecular weight is 292 g/mol. The Morgan fingerprint density at radius 2 is 1.50 bits per heavy atom. The molecule has 0 amide bonds. The van der Waals surface area contributed by atoms with Gasteiger partial charge in [0.1, 0.15) is 0 Å². The first kappa shape index (κ1) is 16.5. The third-order valence-electron chi connectivity index (χ3n) is 4.63. The Balaban J connectivity index is 2.68. The highest BCUT2D eigenvalue weighted by Gasteiger charge is 2.28.